The van der Waals surface area contributed by atoms with Crippen LogP contribution in [0.15, 0.2) is 23.2 Å². The predicted molar refractivity (Wildman–Crippen MR) is 123 cm³/mol. The number of halogens is 2. The van der Waals surface area contributed by atoms with Crippen LogP contribution in [0.5, 0.6) is 0 Å². The molecule has 0 saturated heterocycles. The number of guanidine groups is 1. The summed E-state index contributed by atoms with van der Waals surface area (Å²) >= 11 is 0. The Labute approximate surface area is 185 Å². The van der Waals surface area contributed by atoms with E-state index in [-0.39, 0.29) is 36.3 Å². The monoisotopic (exact) mass is 526 g/mol. The van der Waals surface area contributed by atoms with Crippen LogP contribution in [0.1, 0.15) is 37.8 Å². The van der Waals surface area contributed by atoms with E-state index in [2.05, 4.69) is 27.4 Å². The largest absolute Gasteiger partial charge is 0.357 e. The Morgan fingerprint density at radius 1 is 1.25 bits per heavy atom. The van der Waals surface area contributed by atoms with Gasteiger partial charge in [0.05, 0.1) is 12.3 Å². The van der Waals surface area contributed by atoms with Crippen molar-refractivity contribution >= 4 is 39.8 Å². The lowest BCUT2D eigenvalue weighted by molar-refractivity contribution is 0.282. The minimum absolute atomic E-state index is 0. The molecule has 28 heavy (non-hydrogen) atoms. The number of aliphatic imine (C=N–C) groups is 1. The Bertz CT molecular complexity index is 754. The van der Waals surface area contributed by atoms with Gasteiger partial charge >= 0.3 is 0 Å². The molecule has 1 aliphatic carbocycles. The summed E-state index contributed by atoms with van der Waals surface area (Å²) < 4.78 is 36.9. The van der Waals surface area contributed by atoms with Gasteiger partial charge in [0.1, 0.15) is 5.82 Å². The molecule has 0 unspecified atom stereocenters. The first kappa shape index (κ1) is 25.1. The van der Waals surface area contributed by atoms with Crippen LogP contribution in [0.4, 0.5) is 4.39 Å². The molecule has 0 aromatic heterocycles. The fourth-order valence-electron chi connectivity index (χ4n) is 3.03. The van der Waals surface area contributed by atoms with E-state index in [0.717, 1.165) is 25.7 Å². The summed E-state index contributed by atoms with van der Waals surface area (Å²) in [6, 6.07) is 4.90. The van der Waals surface area contributed by atoms with Crippen molar-refractivity contribution in [2.24, 2.45) is 4.99 Å². The average Bonchev–Trinajstić information content (AvgIpc) is 3.42. The first-order valence-corrected chi connectivity index (χ1v) is 11.6. The molecule has 0 aliphatic heterocycles. The quantitative estimate of drug-likeness (QED) is 0.279. The van der Waals surface area contributed by atoms with Crippen molar-refractivity contribution in [1.29, 1.82) is 0 Å². The third kappa shape index (κ3) is 9.04. The fourth-order valence-corrected chi connectivity index (χ4v) is 3.87. The van der Waals surface area contributed by atoms with Crippen LogP contribution < -0.4 is 10.6 Å². The summed E-state index contributed by atoms with van der Waals surface area (Å²) in [6.07, 6.45) is 3.74. The molecule has 0 amide bonds. The summed E-state index contributed by atoms with van der Waals surface area (Å²) in [6.45, 7) is 7.85. The van der Waals surface area contributed by atoms with Gasteiger partial charge in [-0.05, 0) is 49.6 Å². The summed E-state index contributed by atoms with van der Waals surface area (Å²) in [5, 5.41) is 6.49. The lowest BCUT2D eigenvalue weighted by Crippen LogP contribution is -2.42. The number of benzene rings is 1. The van der Waals surface area contributed by atoms with Crippen molar-refractivity contribution < 1.29 is 12.8 Å². The number of likely N-dealkylation sites (N-methyl/N-ethyl adjacent to an activating group) is 1. The van der Waals surface area contributed by atoms with E-state index >= 15 is 0 Å². The fraction of sp³-hybridized carbons (Fsp3) is 0.632. The molecule has 1 aromatic rings. The summed E-state index contributed by atoms with van der Waals surface area (Å²) in [4.78, 5) is 6.96. The van der Waals surface area contributed by atoms with Gasteiger partial charge in [-0.2, -0.15) is 0 Å². The molecule has 0 atom stereocenters. The van der Waals surface area contributed by atoms with Gasteiger partial charge in [0, 0.05) is 31.9 Å². The predicted octanol–water partition coefficient (Wildman–Crippen LogP) is 2.53. The molecule has 0 heterocycles. The van der Waals surface area contributed by atoms with Crippen LogP contribution in [-0.2, 0) is 22.1 Å². The van der Waals surface area contributed by atoms with Gasteiger partial charge in [-0.25, -0.2) is 17.8 Å². The molecule has 2 N–H and O–H groups in total. The first-order valence-electron chi connectivity index (χ1n) is 9.53. The maximum atomic E-state index is 13.6. The van der Waals surface area contributed by atoms with Gasteiger partial charge in [0.2, 0.25) is 0 Å². The Morgan fingerprint density at radius 2 is 1.96 bits per heavy atom. The van der Waals surface area contributed by atoms with Crippen molar-refractivity contribution in [3.05, 3.63) is 35.1 Å². The highest BCUT2D eigenvalue weighted by molar-refractivity contribution is 14.0. The van der Waals surface area contributed by atoms with Crippen LogP contribution in [0.2, 0.25) is 0 Å². The van der Waals surface area contributed by atoms with Crippen LogP contribution in [0.25, 0.3) is 0 Å². The molecule has 1 fully saturated rings. The number of hydrogen-bond acceptors (Lipinski definition) is 4. The zero-order chi connectivity index (χ0) is 19.9. The molecule has 2 rings (SSSR count). The second-order valence-corrected chi connectivity index (χ2v) is 9.11. The number of nitrogens with zero attached hydrogens (tertiary/aromatic N) is 2. The topological polar surface area (TPSA) is 73.8 Å². The Kier molecular flexibility index (Phi) is 10.7. The second kappa shape index (κ2) is 11.9. The third-order valence-corrected chi connectivity index (χ3v) is 5.33. The van der Waals surface area contributed by atoms with Crippen LogP contribution in [0, 0.1) is 5.82 Å². The molecule has 0 bridgehead atoms. The summed E-state index contributed by atoms with van der Waals surface area (Å²) in [5.74, 6) is 0.145. The van der Waals surface area contributed by atoms with Crippen LogP contribution >= 0.6 is 24.0 Å². The zero-order valence-corrected chi connectivity index (χ0v) is 20.0. The second-order valence-electron chi connectivity index (χ2n) is 6.96. The van der Waals surface area contributed by atoms with E-state index in [4.69, 9.17) is 0 Å². The molecular formula is C19H32FIN4O2S. The SMILES string of the molecule is CCNC(=NCc1cc(F)ccc1CS(C)(=O)=O)NCCN(CC)C1CC1.I. The Morgan fingerprint density at radius 3 is 2.54 bits per heavy atom. The highest BCUT2D eigenvalue weighted by Crippen LogP contribution is 2.25. The highest BCUT2D eigenvalue weighted by atomic mass is 127. The van der Waals surface area contributed by atoms with Gasteiger partial charge in [0.25, 0.3) is 0 Å². The molecule has 1 aliphatic rings. The Hall–Kier alpha value is -0.940. The lowest BCUT2D eigenvalue weighted by atomic mass is 10.1. The maximum absolute atomic E-state index is 13.6. The van der Waals surface area contributed by atoms with E-state index in [1.54, 1.807) is 0 Å². The number of rotatable bonds is 10. The summed E-state index contributed by atoms with van der Waals surface area (Å²) in [7, 11) is -3.20. The zero-order valence-electron chi connectivity index (χ0n) is 16.9. The van der Waals surface area contributed by atoms with Gasteiger partial charge < -0.3 is 10.6 Å². The average molecular weight is 526 g/mol. The van der Waals surface area contributed by atoms with E-state index < -0.39 is 15.7 Å². The van der Waals surface area contributed by atoms with Crippen molar-refractivity contribution in [2.75, 3.05) is 32.4 Å². The van der Waals surface area contributed by atoms with Gasteiger partial charge in [-0.3, -0.25) is 4.90 Å². The molecule has 6 nitrogen and oxygen atoms in total. The molecule has 9 heteroatoms. The van der Waals surface area contributed by atoms with Crippen molar-refractivity contribution in [3.8, 4) is 0 Å². The summed E-state index contributed by atoms with van der Waals surface area (Å²) in [5.41, 5.74) is 1.18. The highest BCUT2D eigenvalue weighted by Gasteiger charge is 2.27. The molecule has 1 saturated carbocycles. The molecule has 1 aromatic carbocycles. The van der Waals surface area contributed by atoms with Crippen molar-refractivity contribution in [2.45, 2.75) is 45.0 Å². The Balaban J connectivity index is 0.00000392. The van der Waals surface area contributed by atoms with Gasteiger partial charge in [0.15, 0.2) is 15.8 Å². The first-order chi connectivity index (χ1) is 12.8. The third-order valence-electron chi connectivity index (χ3n) is 4.50. The molecule has 160 valence electrons. The van der Waals surface area contributed by atoms with Gasteiger partial charge in [-0.15, -0.1) is 24.0 Å². The number of hydrogen-bond donors (Lipinski definition) is 2. The molecular weight excluding hydrogens is 494 g/mol. The van der Waals surface area contributed by atoms with Crippen molar-refractivity contribution in [1.82, 2.24) is 15.5 Å². The normalized spacial score (nSPS) is 14.7. The van der Waals surface area contributed by atoms with Crippen molar-refractivity contribution in [3.63, 3.8) is 0 Å². The van der Waals surface area contributed by atoms with Crippen LogP contribution in [0.3, 0.4) is 0 Å². The lowest BCUT2D eigenvalue weighted by Gasteiger charge is -2.20. The van der Waals surface area contributed by atoms with E-state index in [1.807, 2.05) is 6.92 Å². The number of sulfone groups is 1. The van der Waals surface area contributed by atoms with Gasteiger partial charge in [-0.1, -0.05) is 13.0 Å². The van der Waals surface area contributed by atoms with Crippen LogP contribution in [-0.4, -0.2) is 57.8 Å². The minimum atomic E-state index is -3.20. The molecule has 0 radical (unpaired) electrons. The number of nitrogens with one attached hydrogen (secondary N) is 2. The molecule has 0 spiro atoms. The maximum Gasteiger partial charge on any atom is 0.191 e. The van der Waals surface area contributed by atoms with E-state index in [9.17, 15) is 12.8 Å². The minimum Gasteiger partial charge on any atom is -0.357 e. The standard InChI is InChI=1S/C19H31FN4O2S.HI/c1-4-21-19(22-10-11-24(5-2)18-8-9-18)23-13-16-12-17(20)7-6-15(16)14-27(3,25)26;/h6-7,12,18H,4-5,8-11,13-14H2,1-3H3,(H2,21,22,23);1H. The smallest absolute Gasteiger partial charge is 0.191 e. The van der Waals surface area contributed by atoms with E-state index in [1.165, 1.54) is 37.3 Å². The van der Waals surface area contributed by atoms with E-state index in [0.29, 0.717) is 23.6 Å².